The minimum Gasteiger partial charge on any atom is -0.369 e. The molecule has 0 saturated carbocycles. The summed E-state index contributed by atoms with van der Waals surface area (Å²) in [6.45, 7) is 2.94. The zero-order valence-corrected chi connectivity index (χ0v) is 12.9. The molecule has 8 heteroatoms. The van der Waals surface area contributed by atoms with Gasteiger partial charge < -0.3 is 25.4 Å². The second kappa shape index (κ2) is 9.09. The number of hydrogen-bond acceptors (Lipinski definition) is 6. The Hall–Kier alpha value is -2.16. The van der Waals surface area contributed by atoms with Gasteiger partial charge in [0.05, 0.1) is 19.9 Å². The van der Waals surface area contributed by atoms with E-state index in [9.17, 15) is 9.59 Å². The largest absolute Gasteiger partial charge is 0.369 e. The first-order valence-electron chi connectivity index (χ1n) is 7.44. The number of nitrogens with two attached hydrogens (primary N) is 1. The Morgan fingerprint density at radius 1 is 1.26 bits per heavy atom. The molecule has 1 aromatic carbocycles. The molecule has 0 bridgehead atoms. The first-order valence-corrected chi connectivity index (χ1v) is 7.44. The standard InChI is InChI=1S/C15H22N4O4/c16-14(20)9-22-6-7-23-10-15(21)18-12-2-1-3-13(8-12)19-5-4-17-11-19/h1-3,8,17H,4-7,9-11H2,(H2,16,20)(H,18,21). The van der Waals surface area contributed by atoms with Gasteiger partial charge in [-0.15, -0.1) is 0 Å². The van der Waals surface area contributed by atoms with Crippen molar-refractivity contribution in [3.8, 4) is 0 Å². The van der Waals surface area contributed by atoms with Crippen LogP contribution in [-0.4, -0.2) is 58.0 Å². The molecule has 126 valence electrons. The molecular formula is C15H22N4O4. The van der Waals surface area contributed by atoms with Crippen molar-refractivity contribution in [3.63, 3.8) is 0 Å². The van der Waals surface area contributed by atoms with Crippen molar-refractivity contribution < 1.29 is 19.1 Å². The zero-order valence-electron chi connectivity index (χ0n) is 12.9. The maximum absolute atomic E-state index is 11.8. The quantitative estimate of drug-likeness (QED) is 0.530. The van der Waals surface area contributed by atoms with Crippen LogP contribution in [-0.2, 0) is 19.1 Å². The predicted molar refractivity (Wildman–Crippen MR) is 86.1 cm³/mol. The summed E-state index contributed by atoms with van der Waals surface area (Å²) in [7, 11) is 0. The molecule has 1 fully saturated rings. The van der Waals surface area contributed by atoms with Crippen molar-refractivity contribution in [1.82, 2.24) is 5.32 Å². The molecule has 1 aromatic rings. The van der Waals surface area contributed by atoms with E-state index in [1.807, 2.05) is 24.3 Å². The Balaban J connectivity index is 1.68. The Labute approximate surface area is 134 Å². The van der Waals surface area contributed by atoms with Crippen LogP contribution in [0.1, 0.15) is 0 Å². The summed E-state index contributed by atoms with van der Waals surface area (Å²) in [5.74, 6) is -0.771. The maximum Gasteiger partial charge on any atom is 0.250 e. The molecule has 23 heavy (non-hydrogen) atoms. The second-order valence-electron chi connectivity index (χ2n) is 5.09. The first-order chi connectivity index (χ1) is 11.1. The number of nitrogens with zero attached hydrogens (tertiary/aromatic N) is 1. The number of ether oxygens (including phenoxy) is 2. The molecule has 8 nitrogen and oxygen atoms in total. The van der Waals surface area contributed by atoms with Crippen LogP contribution in [0.25, 0.3) is 0 Å². The number of hydrogen-bond donors (Lipinski definition) is 3. The molecule has 0 atom stereocenters. The van der Waals surface area contributed by atoms with E-state index < -0.39 is 5.91 Å². The van der Waals surface area contributed by atoms with Gasteiger partial charge in [-0.2, -0.15) is 0 Å². The number of primary amides is 1. The van der Waals surface area contributed by atoms with Crippen molar-refractivity contribution >= 4 is 23.2 Å². The minimum atomic E-state index is -0.532. The topological polar surface area (TPSA) is 106 Å². The van der Waals surface area contributed by atoms with Crippen LogP contribution in [0.3, 0.4) is 0 Å². The molecule has 1 saturated heterocycles. The second-order valence-corrected chi connectivity index (χ2v) is 5.09. The van der Waals surface area contributed by atoms with E-state index in [0.717, 1.165) is 31.1 Å². The van der Waals surface area contributed by atoms with Gasteiger partial charge in [0, 0.05) is 24.5 Å². The van der Waals surface area contributed by atoms with Crippen molar-refractivity contribution in [3.05, 3.63) is 24.3 Å². The molecule has 0 unspecified atom stereocenters. The fourth-order valence-electron chi connectivity index (χ4n) is 2.16. The van der Waals surface area contributed by atoms with Gasteiger partial charge in [0.2, 0.25) is 11.8 Å². The van der Waals surface area contributed by atoms with Crippen molar-refractivity contribution in [2.24, 2.45) is 5.73 Å². The lowest BCUT2D eigenvalue weighted by atomic mass is 10.2. The summed E-state index contributed by atoms with van der Waals surface area (Å²) in [5, 5.41) is 6.05. The summed E-state index contributed by atoms with van der Waals surface area (Å²) in [6, 6.07) is 7.68. The molecular weight excluding hydrogens is 300 g/mol. The van der Waals surface area contributed by atoms with Gasteiger partial charge in [-0.3, -0.25) is 14.9 Å². The summed E-state index contributed by atoms with van der Waals surface area (Å²) >= 11 is 0. The SMILES string of the molecule is NC(=O)COCCOCC(=O)Nc1cccc(N2CCNC2)c1. The van der Waals surface area contributed by atoms with Crippen LogP contribution in [0.4, 0.5) is 11.4 Å². The van der Waals surface area contributed by atoms with Gasteiger partial charge in [0.1, 0.15) is 13.2 Å². The van der Waals surface area contributed by atoms with E-state index in [4.69, 9.17) is 15.2 Å². The molecule has 4 N–H and O–H groups in total. The lowest BCUT2D eigenvalue weighted by molar-refractivity contribution is -0.125. The van der Waals surface area contributed by atoms with Gasteiger partial charge in [-0.25, -0.2) is 0 Å². The number of rotatable bonds is 9. The number of nitrogens with one attached hydrogen (secondary N) is 2. The van der Waals surface area contributed by atoms with Gasteiger partial charge in [0.15, 0.2) is 0 Å². The lowest BCUT2D eigenvalue weighted by Gasteiger charge is -2.17. The van der Waals surface area contributed by atoms with Crippen LogP contribution in [0, 0.1) is 0 Å². The van der Waals surface area contributed by atoms with E-state index in [0.29, 0.717) is 0 Å². The fourth-order valence-corrected chi connectivity index (χ4v) is 2.16. The van der Waals surface area contributed by atoms with Gasteiger partial charge in [-0.05, 0) is 18.2 Å². The van der Waals surface area contributed by atoms with Crippen LogP contribution in [0.2, 0.25) is 0 Å². The minimum absolute atomic E-state index is 0.0740. The number of amides is 2. The smallest absolute Gasteiger partial charge is 0.250 e. The molecule has 1 heterocycles. The Kier molecular flexibility index (Phi) is 6.79. The number of carbonyl (C=O) groups excluding carboxylic acids is 2. The third-order valence-corrected chi connectivity index (χ3v) is 3.21. The number of carbonyl (C=O) groups is 2. The zero-order chi connectivity index (χ0) is 16.5. The summed E-state index contributed by atoms with van der Waals surface area (Å²) < 4.78 is 10.1. The van der Waals surface area contributed by atoms with Crippen molar-refractivity contribution in [2.45, 2.75) is 0 Å². The highest BCUT2D eigenvalue weighted by atomic mass is 16.5. The molecule has 0 aliphatic carbocycles. The van der Waals surface area contributed by atoms with Crippen molar-refractivity contribution in [1.29, 1.82) is 0 Å². The van der Waals surface area contributed by atoms with Crippen LogP contribution in [0.15, 0.2) is 24.3 Å². The molecule has 2 rings (SSSR count). The Morgan fingerprint density at radius 2 is 2.04 bits per heavy atom. The summed E-state index contributed by atoms with van der Waals surface area (Å²) in [4.78, 5) is 24.5. The molecule has 0 radical (unpaired) electrons. The Morgan fingerprint density at radius 3 is 2.74 bits per heavy atom. The molecule has 0 spiro atoms. The average molecular weight is 322 g/mol. The third kappa shape index (κ3) is 6.23. The normalized spacial score (nSPS) is 14.0. The van der Waals surface area contributed by atoms with Gasteiger partial charge in [-0.1, -0.05) is 6.07 Å². The third-order valence-electron chi connectivity index (χ3n) is 3.21. The predicted octanol–water partition coefficient (Wildman–Crippen LogP) is -0.489. The number of benzene rings is 1. The first kappa shape index (κ1) is 17.2. The van der Waals surface area contributed by atoms with Crippen LogP contribution < -0.4 is 21.3 Å². The average Bonchev–Trinajstić information content (AvgIpc) is 3.05. The van der Waals surface area contributed by atoms with Gasteiger partial charge >= 0.3 is 0 Å². The monoisotopic (exact) mass is 322 g/mol. The van der Waals surface area contributed by atoms with E-state index in [-0.39, 0.29) is 32.3 Å². The highest BCUT2D eigenvalue weighted by molar-refractivity contribution is 5.92. The molecule has 1 aliphatic heterocycles. The lowest BCUT2D eigenvalue weighted by Crippen LogP contribution is -2.23. The van der Waals surface area contributed by atoms with E-state index in [1.54, 1.807) is 0 Å². The highest BCUT2D eigenvalue weighted by Crippen LogP contribution is 2.19. The van der Waals surface area contributed by atoms with Crippen LogP contribution >= 0.6 is 0 Å². The van der Waals surface area contributed by atoms with E-state index in [2.05, 4.69) is 15.5 Å². The van der Waals surface area contributed by atoms with Crippen molar-refractivity contribution in [2.75, 3.05) is 56.4 Å². The van der Waals surface area contributed by atoms with E-state index in [1.165, 1.54) is 0 Å². The molecule has 2 amide bonds. The number of anilines is 2. The van der Waals surface area contributed by atoms with E-state index >= 15 is 0 Å². The maximum atomic E-state index is 11.8. The fraction of sp³-hybridized carbons (Fsp3) is 0.467. The Bertz CT molecular complexity index is 532. The van der Waals surface area contributed by atoms with Gasteiger partial charge in [0.25, 0.3) is 0 Å². The molecule has 0 aromatic heterocycles. The summed E-state index contributed by atoms with van der Waals surface area (Å²) in [5.41, 5.74) is 6.72. The molecule has 1 aliphatic rings. The highest BCUT2D eigenvalue weighted by Gasteiger charge is 2.12. The summed E-state index contributed by atoms with van der Waals surface area (Å²) in [6.07, 6.45) is 0. The van der Waals surface area contributed by atoms with Crippen LogP contribution in [0.5, 0.6) is 0 Å².